The second-order valence-corrected chi connectivity index (χ2v) is 9.08. The Bertz CT molecular complexity index is 479. The molecule has 2 saturated carbocycles. The molecule has 0 aromatic heterocycles. The summed E-state index contributed by atoms with van der Waals surface area (Å²) >= 11 is 0. The molecule has 2 N–H and O–H groups in total. The maximum absolute atomic E-state index is 13.1. The Hall–Kier alpha value is -0.650. The summed E-state index contributed by atoms with van der Waals surface area (Å²) in [7, 11) is 0. The van der Waals surface area contributed by atoms with Gasteiger partial charge in [0.15, 0.2) is 0 Å². The highest BCUT2D eigenvalue weighted by molar-refractivity contribution is 5.89. The number of nitrogens with zero attached hydrogens (tertiary/aromatic N) is 2. The van der Waals surface area contributed by atoms with E-state index in [0.717, 1.165) is 38.1 Å². The van der Waals surface area contributed by atoms with Gasteiger partial charge in [-0.3, -0.25) is 9.69 Å². The SMILES string of the molecule is CCOC1CC(N)(C(=O)N2CCN(C3CCC(C)CC3)CC2)C1(C)C. The molecule has 5 heteroatoms. The first-order valence-electron chi connectivity index (χ1n) is 10.2. The van der Waals surface area contributed by atoms with Crippen LogP contribution in [0, 0.1) is 11.3 Å². The standard InChI is InChI=1S/C20H37N3O2/c1-5-25-17-14-20(21,19(17,3)4)18(24)23-12-10-22(11-13-23)16-8-6-15(2)7-9-16/h15-17H,5-14,21H2,1-4H3. The smallest absolute Gasteiger partial charge is 0.243 e. The molecular weight excluding hydrogens is 314 g/mol. The summed E-state index contributed by atoms with van der Waals surface area (Å²) in [6.45, 7) is 12.8. The minimum absolute atomic E-state index is 0.0944. The largest absolute Gasteiger partial charge is 0.378 e. The zero-order valence-corrected chi connectivity index (χ0v) is 16.6. The van der Waals surface area contributed by atoms with Crippen molar-refractivity contribution < 1.29 is 9.53 Å². The third-order valence-corrected chi connectivity index (χ3v) is 7.31. The molecule has 3 aliphatic rings. The molecule has 1 saturated heterocycles. The van der Waals surface area contributed by atoms with Gasteiger partial charge >= 0.3 is 0 Å². The van der Waals surface area contributed by atoms with Crippen LogP contribution in [0.3, 0.4) is 0 Å². The minimum Gasteiger partial charge on any atom is -0.378 e. The van der Waals surface area contributed by atoms with Crippen LogP contribution >= 0.6 is 0 Å². The first kappa shape index (κ1) is 19.1. The predicted molar refractivity (Wildman–Crippen MR) is 100 cm³/mol. The molecule has 2 aliphatic carbocycles. The Labute approximate surface area is 153 Å². The number of carbonyl (C=O) groups excluding carboxylic acids is 1. The molecule has 25 heavy (non-hydrogen) atoms. The van der Waals surface area contributed by atoms with Gasteiger partial charge < -0.3 is 15.4 Å². The summed E-state index contributed by atoms with van der Waals surface area (Å²) in [6.07, 6.45) is 6.08. The van der Waals surface area contributed by atoms with Crippen molar-refractivity contribution >= 4 is 5.91 Å². The third kappa shape index (κ3) is 3.35. The van der Waals surface area contributed by atoms with E-state index >= 15 is 0 Å². The van der Waals surface area contributed by atoms with E-state index in [0.29, 0.717) is 13.0 Å². The van der Waals surface area contributed by atoms with Crippen molar-refractivity contribution in [3.63, 3.8) is 0 Å². The number of amides is 1. The molecule has 0 bridgehead atoms. The number of hydrogen-bond donors (Lipinski definition) is 1. The topological polar surface area (TPSA) is 58.8 Å². The summed E-state index contributed by atoms with van der Waals surface area (Å²) in [5.41, 5.74) is 5.52. The van der Waals surface area contributed by atoms with Crippen molar-refractivity contribution in [1.82, 2.24) is 9.80 Å². The fourth-order valence-corrected chi connectivity index (χ4v) is 4.98. The molecule has 3 fully saturated rings. The molecule has 5 nitrogen and oxygen atoms in total. The molecule has 1 amide bonds. The van der Waals surface area contributed by atoms with Crippen molar-refractivity contribution in [3.05, 3.63) is 0 Å². The van der Waals surface area contributed by atoms with Crippen LogP contribution in [0.4, 0.5) is 0 Å². The maximum Gasteiger partial charge on any atom is 0.243 e. The van der Waals surface area contributed by atoms with Gasteiger partial charge in [0.25, 0.3) is 0 Å². The first-order chi connectivity index (χ1) is 11.8. The number of rotatable bonds is 4. The summed E-state index contributed by atoms with van der Waals surface area (Å²) in [4.78, 5) is 17.7. The van der Waals surface area contributed by atoms with Crippen molar-refractivity contribution in [2.75, 3.05) is 32.8 Å². The van der Waals surface area contributed by atoms with E-state index < -0.39 is 5.54 Å². The fraction of sp³-hybridized carbons (Fsp3) is 0.950. The van der Waals surface area contributed by atoms with Crippen LogP contribution in [-0.2, 0) is 9.53 Å². The molecule has 0 spiro atoms. The van der Waals surface area contributed by atoms with Gasteiger partial charge in [-0.25, -0.2) is 0 Å². The van der Waals surface area contributed by atoms with Crippen LogP contribution in [-0.4, -0.2) is 66.2 Å². The molecule has 1 heterocycles. The molecule has 1 aliphatic heterocycles. The Balaban J connectivity index is 1.54. The van der Waals surface area contributed by atoms with Crippen LogP contribution in [0.2, 0.25) is 0 Å². The lowest BCUT2D eigenvalue weighted by Crippen LogP contribution is -2.76. The van der Waals surface area contributed by atoms with Gasteiger partial charge in [-0.2, -0.15) is 0 Å². The van der Waals surface area contributed by atoms with Gasteiger partial charge in [-0.05, 0) is 38.5 Å². The van der Waals surface area contributed by atoms with Crippen LogP contribution < -0.4 is 5.73 Å². The number of hydrogen-bond acceptors (Lipinski definition) is 4. The van der Waals surface area contributed by atoms with E-state index in [2.05, 4.69) is 25.7 Å². The highest BCUT2D eigenvalue weighted by Gasteiger charge is 2.63. The molecule has 144 valence electrons. The van der Waals surface area contributed by atoms with Crippen molar-refractivity contribution in [2.45, 2.75) is 77.5 Å². The lowest BCUT2D eigenvalue weighted by atomic mass is 9.54. The number of nitrogens with two attached hydrogens (primary N) is 1. The lowest BCUT2D eigenvalue weighted by Gasteiger charge is -2.59. The molecule has 0 aromatic carbocycles. The monoisotopic (exact) mass is 351 g/mol. The van der Waals surface area contributed by atoms with E-state index in [-0.39, 0.29) is 17.4 Å². The van der Waals surface area contributed by atoms with E-state index in [4.69, 9.17) is 10.5 Å². The van der Waals surface area contributed by atoms with Crippen LogP contribution in [0.5, 0.6) is 0 Å². The number of piperazine rings is 1. The molecule has 0 radical (unpaired) electrons. The zero-order valence-electron chi connectivity index (χ0n) is 16.6. The molecule has 2 unspecified atom stereocenters. The van der Waals surface area contributed by atoms with Crippen LogP contribution in [0.15, 0.2) is 0 Å². The Kier molecular flexibility index (Phi) is 5.48. The third-order valence-electron chi connectivity index (χ3n) is 7.31. The van der Waals surface area contributed by atoms with E-state index in [1.165, 1.54) is 25.7 Å². The minimum atomic E-state index is -0.769. The molecule has 0 aromatic rings. The molecular formula is C20H37N3O2. The Morgan fingerprint density at radius 1 is 1.12 bits per heavy atom. The summed E-state index contributed by atoms with van der Waals surface area (Å²) in [5.74, 6) is 1.01. The highest BCUT2D eigenvalue weighted by Crippen LogP contribution is 2.50. The van der Waals surface area contributed by atoms with Gasteiger partial charge in [0, 0.05) is 50.7 Å². The number of carbonyl (C=O) groups is 1. The molecule has 2 atom stereocenters. The average molecular weight is 352 g/mol. The van der Waals surface area contributed by atoms with Crippen LogP contribution in [0.25, 0.3) is 0 Å². The van der Waals surface area contributed by atoms with E-state index in [1.807, 2.05) is 11.8 Å². The van der Waals surface area contributed by atoms with Gasteiger partial charge in [0.05, 0.1) is 6.10 Å². The van der Waals surface area contributed by atoms with Gasteiger partial charge in [-0.15, -0.1) is 0 Å². The highest BCUT2D eigenvalue weighted by atomic mass is 16.5. The quantitative estimate of drug-likeness (QED) is 0.844. The first-order valence-corrected chi connectivity index (χ1v) is 10.2. The van der Waals surface area contributed by atoms with Gasteiger partial charge in [0.2, 0.25) is 5.91 Å². The van der Waals surface area contributed by atoms with Crippen LogP contribution in [0.1, 0.15) is 59.8 Å². The van der Waals surface area contributed by atoms with Gasteiger partial charge in [-0.1, -0.05) is 20.8 Å². The normalized spacial score (nSPS) is 39.1. The summed E-state index contributed by atoms with van der Waals surface area (Å²) < 4.78 is 5.77. The van der Waals surface area contributed by atoms with Crippen molar-refractivity contribution in [2.24, 2.45) is 17.1 Å². The average Bonchev–Trinajstić information content (AvgIpc) is 2.61. The Morgan fingerprint density at radius 3 is 2.24 bits per heavy atom. The fourth-order valence-electron chi connectivity index (χ4n) is 4.98. The lowest BCUT2D eigenvalue weighted by molar-refractivity contribution is -0.180. The maximum atomic E-state index is 13.1. The second-order valence-electron chi connectivity index (χ2n) is 9.08. The zero-order chi connectivity index (χ0) is 18.2. The van der Waals surface area contributed by atoms with Crippen molar-refractivity contribution in [1.29, 1.82) is 0 Å². The van der Waals surface area contributed by atoms with E-state index in [1.54, 1.807) is 0 Å². The number of ether oxygens (including phenoxy) is 1. The Morgan fingerprint density at radius 2 is 1.72 bits per heavy atom. The van der Waals surface area contributed by atoms with Gasteiger partial charge in [0.1, 0.15) is 5.54 Å². The molecule has 3 rings (SSSR count). The van der Waals surface area contributed by atoms with Crippen molar-refractivity contribution in [3.8, 4) is 0 Å². The predicted octanol–water partition coefficient (Wildman–Crippen LogP) is 2.24. The summed E-state index contributed by atoms with van der Waals surface area (Å²) in [5, 5.41) is 0. The van der Waals surface area contributed by atoms with E-state index in [9.17, 15) is 4.79 Å². The summed E-state index contributed by atoms with van der Waals surface area (Å²) in [6, 6.07) is 0.725. The second kappa shape index (κ2) is 7.16.